The molecule has 1 heterocycles. The standard InChI is InChI=1S/C11H12N3O4PS.Y/c1-6-4-8(10-12-13-11(20)14(10)3)9(5-7(6)2)18-19(15,16)17;/h4-5H,1-2H2,3H3,(H,13,20)(H2,15,16,17);/q-2;. The molecule has 2 rings (SSSR count). The van der Waals surface area contributed by atoms with Crippen LogP contribution in [0.1, 0.15) is 11.1 Å². The van der Waals surface area contributed by atoms with Gasteiger partial charge in [0.25, 0.3) is 0 Å². The quantitative estimate of drug-likeness (QED) is 0.413. The minimum absolute atomic E-state index is 0. The van der Waals surface area contributed by atoms with Crippen molar-refractivity contribution in [2.45, 2.75) is 0 Å². The van der Waals surface area contributed by atoms with Crippen molar-refractivity contribution in [2.24, 2.45) is 7.05 Å². The summed E-state index contributed by atoms with van der Waals surface area (Å²) >= 11 is 5.01. The number of nitrogens with zero attached hydrogens (tertiary/aromatic N) is 2. The molecule has 0 saturated heterocycles. The van der Waals surface area contributed by atoms with E-state index in [1.165, 1.54) is 6.07 Å². The van der Waals surface area contributed by atoms with E-state index in [1.807, 2.05) is 0 Å². The molecule has 10 heteroatoms. The Labute approximate surface area is 151 Å². The molecule has 0 saturated carbocycles. The summed E-state index contributed by atoms with van der Waals surface area (Å²) in [5, 5.41) is 6.60. The third kappa shape index (κ3) is 4.19. The number of benzene rings is 1. The molecule has 0 aliphatic rings. The fraction of sp³-hybridized carbons (Fsp3) is 0.0909. The Morgan fingerprint density at radius 1 is 1.38 bits per heavy atom. The largest absolute Gasteiger partial charge is 0.523 e. The Balaban J connectivity index is 0.00000220. The van der Waals surface area contributed by atoms with Crippen LogP contribution in [0.15, 0.2) is 12.1 Å². The van der Waals surface area contributed by atoms with E-state index in [-0.39, 0.29) is 38.5 Å². The smallest absolute Gasteiger partial charge is 0.419 e. The molecule has 111 valence electrons. The first-order valence-corrected chi connectivity index (χ1v) is 7.32. The van der Waals surface area contributed by atoms with Gasteiger partial charge in [-0.15, -0.1) is 0 Å². The van der Waals surface area contributed by atoms with Crippen molar-refractivity contribution in [1.29, 1.82) is 0 Å². The van der Waals surface area contributed by atoms with E-state index in [9.17, 15) is 4.57 Å². The van der Waals surface area contributed by atoms with Crippen molar-refractivity contribution >= 4 is 20.0 Å². The second-order valence-electron chi connectivity index (χ2n) is 4.11. The van der Waals surface area contributed by atoms with Gasteiger partial charge in [0.05, 0.1) is 5.75 Å². The van der Waals surface area contributed by atoms with Crippen LogP contribution >= 0.6 is 20.0 Å². The minimum Gasteiger partial charge on any atom is -0.419 e. The average molecular weight is 402 g/mol. The van der Waals surface area contributed by atoms with Crippen LogP contribution in [0.5, 0.6) is 5.75 Å². The molecule has 7 nitrogen and oxygen atoms in total. The first kappa shape index (κ1) is 18.4. The maximum absolute atomic E-state index is 11.1. The Morgan fingerprint density at radius 2 is 1.95 bits per heavy atom. The van der Waals surface area contributed by atoms with Crippen LogP contribution in [-0.2, 0) is 44.3 Å². The van der Waals surface area contributed by atoms with Crippen molar-refractivity contribution in [1.82, 2.24) is 14.8 Å². The molecule has 2 aromatic rings. The van der Waals surface area contributed by atoms with E-state index in [2.05, 4.69) is 28.6 Å². The number of aromatic amines is 1. The third-order valence-electron chi connectivity index (χ3n) is 2.64. The summed E-state index contributed by atoms with van der Waals surface area (Å²) < 4.78 is 17.7. The number of hydrogen-bond acceptors (Lipinski definition) is 4. The van der Waals surface area contributed by atoms with Crippen LogP contribution in [0.3, 0.4) is 0 Å². The Bertz CT molecular complexity index is 767. The van der Waals surface area contributed by atoms with E-state index >= 15 is 0 Å². The summed E-state index contributed by atoms with van der Waals surface area (Å²) in [7, 11) is -3.03. The summed E-state index contributed by atoms with van der Waals surface area (Å²) in [6.45, 7) is 7.52. The van der Waals surface area contributed by atoms with Crippen LogP contribution in [-0.4, -0.2) is 24.6 Å². The first-order chi connectivity index (χ1) is 9.19. The molecule has 0 atom stereocenters. The summed E-state index contributed by atoms with van der Waals surface area (Å²) in [5.41, 5.74) is 1.45. The molecule has 0 spiro atoms. The Hall–Kier alpha value is -0.626. The zero-order valence-corrected chi connectivity index (χ0v) is 15.7. The van der Waals surface area contributed by atoms with Gasteiger partial charge in [-0.1, -0.05) is 0 Å². The molecule has 0 unspecified atom stereocenters. The van der Waals surface area contributed by atoms with Gasteiger partial charge in [-0.05, 0) is 17.8 Å². The molecule has 0 bridgehead atoms. The second-order valence-corrected chi connectivity index (χ2v) is 5.66. The molecular weight excluding hydrogens is 390 g/mol. The summed E-state index contributed by atoms with van der Waals surface area (Å²) in [5.74, 6) is 0.344. The molecular formula is C11H12N3O4PSY-2. The number of nitrogens with one attached hydrogen (secondary N) is 1. The fourth-order valence-corrected chi connectivity index (χ4v) is 2.17. The zero-order chi connectivity index (χ0) is 15.1. The van der Waals surface area contributed by atoms with E-state index in [1.54, 1.807) is 17.7 Å². The average Bonchev–Trinajstić information content (AvgIpc) is 2.63. The molecule has 3 N–H and O–H groups in total. The summed E-state index contributed by atoms with van der Waals surface area (Å²) in [6.07, 6.45) is 0. The van der Waals surface area contributed by atoms with E-state index < -0.39 is 7.82 Å². The van der Waals surface area contributed by atoms with Gasteiger partial charge in [0.2, 0.25) is 0 Å². The fourth-order valence-electron chi connectivity index (χ4n) is 1.63. The molecule has 1 radical (unpaired) electrons. The van der Waals surface area contributed by atoms with Gasteiger partial charge in [0.1, 0.15) is 0 Å². The molecule has 0 aliphatic carbocycles. The molecule has 0 aliphatic heterocycles. The summed E-state index contributed by atoms with van der Waals surface area (Å²) in [6, 6.07) is 2.98. The second kappa shape index (κ2) is 6.64. The SMILES string of the molecule is [CH2-]c1cc(OP(=O)(O)O)c(-c2n[nH]c(=S)n2C)cc1[CH2-].[Y]. The normalized spacial score (nSPS) is 11.0. The maximum atomic E-state index is 11.1. The van der Waals surface area contributed by atoms with Crippen LogP contribution < -0.4 is 4.52 Å². The van der Waals surface area contributed by atoms with Gasteiger partial charge in [-0.3, -0.25) is 39.9 Å². The Kier molecular flexibility index (Phi) is 5.83. The predicted octanol–water partition coefficient (Wildman–Crippen LogP) is 1.98. The van der Waals surface area contributed by atoms with Crippen molar-refractivity contribution in [3.63, 3.8) is 0 Å². The van der Waals surface area contributed by atoms with Crippen molar-refractivity contribution < 1.29 is 51.6 Å². The van der Waals surface area contributed by atoms with Crippen molar-refractivity contribution in [3.05, 3.63) is 41.9 Å². The molecule has 0 amide bonds. The maximum Gasteiger partial charge on any atom is 0.523 e. The number of aromatic nitrogens is 3. The van der Waals surface area contributed by atoms with Crippen LogP contribution in [0, 0.1) is 18.6 Å². The van der Waals surface area contributed by atoms with Crippen LogP contribution in [0.2, 0.25) is 0 Å². The monoisotopic (exact) mass is 402 g/mol. The van der Waals surface area contributed by atoms with Crippen molar-refractivity contribution in [3.8, 4) is 17.1 Å². The van der Waals surface area contributed by atoms with Gasteiger partial charge < -0.3 is 9.09 Å². The number of rotatable bonds is 3. The Morgan fingerprint density at radius 3 is 2.43 bits per heavy atom. The minimum atomic E-state index is -4.70. The van der Waals surface area contributed by atoms with E-state index in [4.69, 9.17) is 22.0 Å². The number of hydrogen-bond donors (Lipinski definition) is 3. The summed E-state index contributed by atoms with van der Waals surface area (Å²) in [4.78, 5) is 17.9. The van der Waals surface area contributed by atoms with E-state index in [0.29, 0.717) is 27.3 Å². The van der Waals surface area contributed by atoms with Crippen molar-refractivity contribution in [2.75, 3.05) is 0 Å². The number of H-pyrrole nitrogens is 1. The molecule has 21 heavy (non-hydrogen) atoms. The van der Waals surface area contributed by atoms with E-state index in [0.717, 1.165) is 0 Å². The van der Waals surface area contributed by atoms with Gasteiger partial charge in [0.15, 0.2) is 10.6 Å². The number of phosphoric ester groups is 1. The predicted molar refractivity (Wildman–Crippen MR) is 75.4 cm³/mol. The van der Waals surface area contributed by atoms with Gasteiger partial charge >= 0.3 is 7.82 Å². The molecule has 1 aromatic carbocycles. The molecule has 0 fully saturated rings. The van der Waals surface area contributed by atoms with Crippen LogP contribution in [0.25, 0.3) is 11.4 Å². The van der Waals surface area contributed by atoms with Gasteiger partial charge in [0, 0.05) is 39.8 Å². The van der Waals surface area contributed by atoms with Crippen LogP contribution in [0.4, 0.5) is 0 Å². The first-order valence-electron chi connectivity index (χ1n) is 5.38. The van der Waals surface area contributed by atoms with Gasteiger partial charge in [-0.2, -0.15) is 11.2 Å². The molecule has 1 aromatic heterocycles. The number of phosphoric acid groups is 1. The zero-order valence-electron chi connectivity index (χ0n) is 11.1. The third-order valence-corrected chi connectivity index (χ3v) is 3.44. The van der Waals surface area contributed by atoms with Gasteiger partial charge in [-0.25, -0.2) is 10.6 Å². The topological polar surface area (TPSA) is 100 Å².